The molecule has 6 heteroatoms. The molecule has 0 amide bonds. The SMILES string of the molecule is CCNC(=NCC1(C2CC2)CCC1)NC1CCN(c2cccs2)CC1.I. The van der Waals surface area contributed by atoms with Crippen LogP contribution in [0.2, 0.25) is 0 Å². The van der Waals surface area contributed by atoms with Crippen LogP contribution in [-0.4, -0.2) is 38.2 Å². The molecule has 0 aromatic carbocycles. The summed E-state index contributed by atoms with van der Waals surface area (Å²) >= 11 is 1.85. The summed E-state index contributed by atoms with van der Waals surface area (Å²) in [6.07, 6.45) is 9.49. The van der Waals surface area contributed by atoms with Crippen molar-refractivity contribution in [2.45, 2.75) is 57.9 Å². The topological polar surface area (TPSA) is 39.7 Å². The molecule has 0 atom stereocenters. The summed E-state index contributed by atoms with van der Waals surface area (Å²) < 4.78 is 0. The average molecular weight is 488 g/mol. The molecule has 2 aliphatic carbocycles. The van der Waals surface area contributed by atoms with Crippen molar-refractivity contribution in [3.8, 4) is 0 Å². The maximum Gasteiger partial charge on any atom is 0.191 e. The molecule has 2 heterocycles. The van der Waals surface area contributed by atoms with E-state index >= 15 is 0 Å². The van der Waals surface area contributed by atoms with Gasteiger partial charge in [-0.25, -0.2) is 0 Å². The van der Waals surface area contributed by atoms with E-state index in [4.69, 9.17) is 4.99 Å². The van der Waals surface area contributed by atoms with Crippen molar-refractivity contribution in [2.75, 3.05) is 31.1 Å². The lowest BCUT2D eigenvalue weighted by Gasteiger charge is -2.41. The molecule has 0 spiro atoms. The van der Waals surface area contributed by atoms with Crippen LogP contribution < -0.4 is 15.5 Å². The minimum Gasteiger partial charge on any atom is -0.363 e. The van der Waals surface area contributed by atoms with Gasteiger partial charge in [-0.1, -0.05) is 6.42 Å². The summed E-state index contributed by atoms with van der Waals surface area (Å²) in [4.78, 5) is 7.53. The van der Waals surface area contributed by atoms with Crippen LogP contribution >= 0.6 is 35.3 Å². The van der Waals surface area contributed by atoms with Gasteiger partial charge in [-0.05, 0) is 74.3 Å². The molecule has 146 valence electrons. The molecule has 1 aliphatic heterocycles. The first-order valence-electron chi connectivity index (χ1n) is 10.1. The normalized spacial score (nSPS) is 23.1. The third-order valence-electron chi connectivity index (χ3n) is 6.34. The first-order chi connectivity index (χ1) is 12.3. The summed E-state index contributed by atoms with van der Waals surface area (Å²) in [6, 6.07) is 4.93. The lowest BCUT2D eigenvalue weighted by atomic mass is 9.65. The Balaban J connectivity index is 0.00000196. The zero-order chi connectivity index (χ0) is 17.1. The Kier molecular flexibility index (Phi) is 7.11. The van der Waals surface area contributed by atoms with E-state index in [1.165, 1.54) is 49.9 Å². The quantitative estimate of drug-likeness (QED) is 0.353. The second-order valence-corrected chi connectivity index (χ2v) is 8.97. The number of aliphatic imine (C=N–C) groups is 1. The van der Waals surface area contributed by atoms with Crippen LogP contribution in [0.4, 0.5) is 5.00 Å². The van der Waals surface area contributed by atoms with E-state index in [1.807, 2.05) is 11.3 Å². The smallest absolute Gasteiger partial charge is 0.191 e. The molecular formula is C20H33IN4S. The summed E-state index contributed by atoms with van der Waals surface area (Å²) in [6.45, 7) is 6.42. The third kappa shape index (κ3) is 4.66. The van der Waals surface area contributed by atoms with Gasteiger partial charge in [0.2, 0.25) is 0 Å². The first-order valence-corrected chi connectivity index (χ1v) is 11.0. The van der Waals surface area contributed by atoms with Gasteiger partial charge in [0.15, 0.2) is 5.96 Å². The largest absolute Gasteiger partial charge is 0.363 e. The molecule has 1 aromatic rings. The molecule has 26 heavy (non-hydrogen) atoms. The van der Waals surface area contributed by atoms with Crippen LogP contribution in [-0.2, 0) is 0 Å². The highest BCUT2D eigenvalue weighted by Gasteiger charge is 2.48. The molecule has 4 nitrogen and oxygen atoms in total. The van der Waals surface area contributed by atoms with Gasteiger partial charge in [0.25, 0.3) is 0 Å². The minimum absolute atomic E-state index is 0. The summed E-state index contributed by atoms with van der Waals surface area (Å²) in [5.74, 6) is 2.02. The second kappa shape index (κ2) is 9.13. The van der Waals surface area contributed by atoms with Gasteiger partial charge in [-0.2, -0.15) is 0 Å². The molecule has 2 saturated carbocycles. The number of nitrogens with one attached hydrogen (secondary N) is 2. The van der Waals surface area contributed by atoms with Gasteiger partial charge in [-0.3, -0.25) is 4.99 Å². The first kappa shape index (κ1) is 20.2. The number of guanidine groups is 1. The molecule has 0 bridgehead atoms. The standard InChI is InChI=1S/C20H32N4S.HI/c1-2-21-19(22-15-20(10-4-11-20)16-6-7-16)23-17-8-12-24(13-9-17)18-5-3-14-25-18;/h3,5,14,16-17H,2,4,6-13,15H2,1H3,(H2,21,22,23);1H. The number of anilines is 1. The predicted molar refractivity (Wildman–Crippen MR) is 123 cm³/mol. The van der Waals surface area contributed by atoms with Gasteiger partial charge >= 0.3 is 0 Å². The van der Waals surface area contributed by atoms with Gasteiger partial charge < -0.3 is 15.5 Å². The van der Waals surface area contributed by atoms with Crippen molar-refractivity contribution in [3.63, 3.8) is 0 Å². The van der Waals surface area contributed by atoms with E-state index in [-0.39, 0.29) is 24.0 Å². The molecular weight excluding hydrogens is 455 g/mol. The van der Waals surface area contributed by atoms with Crippen molar-refractivity contribution < 1.29 is 0 Å². The van der Waals surface area contributed by atoms with Crippen LogP contribution in [0, 0.1) is 11.3 Å². The Morgan fingerprint density at radius 1 is 1.27 bits per heavy atom. The fourth-order valence-electron chi connectivity index (χ4n) is 4.47. The number of hydrogen-bond donors (Lipinski definition) is 2. The maximum atomic E-state index is 5.01. The Morgan fingerprint density at radius 2 is 2.04 bits per heavy atom. The number of thiophene rings is 1. The molecule has 3 aliphatic rings. The molecule has 1 aromatic heterocycles. The second-order valence-electron chi connectivity index (χ2n) is 8.04. The van der Waals surface area contributed by atoms with Gasteiger partial charge in [-0.15, -0.1) is 35.3 Å². The van der Waals surface area contributed by atoms with Crippen molar-refractivity contribution in [3.05, 3.63) is 17.5 Å². The van der Waals surface area contributed by atoms with E-state index in [0.29, 0.717) is 11.5 Å². The van der Waals surface area contributed by atoms with Crippen molar-refractivity contribution in [2.24, 2.45) is 16.3 Å². The van der Waals surface area contributed by atoms with Crippen LogP contribution in [0.1, 0.15) is 51.9 Å². The van der Waals surface area contributed by atoms with Gasteiger partial charge in [0.05, 0.1) is 5.00 Å². The van der Waals surface area contributed by atoms with E-state index < -0.39 is 0 Å². The lowest BCUT2D eigenvalue weighted by Crippen LogP contribution is -2.49. The van der Waals surface area contributed by atoms with Crippen LogP contribution in [0.15, 0.2) is 22.5 Å². The van der Waals surface area contributed by atoms with Gasteiger partial charge in [0.1, 0.15) is 0 Å². The van der Waals surface area contributed by atoms with E-state index in [9.17, 15) is 0 Å². The molecule has 0 radical (unpaired) electrons. The Hall–Kier alpha value is -0.500. The van der Waals surface area contributed by atoms with Crippen LogP contribution in [0.25, 0.3) is 0 Å². The Bertz CT molecular complexity index is 573. The molecule has 4 rings (SSSR count). The Labute approximate surface area is 179 Å². The third-order valence-corrected chi connectivity index (χ3v) is 7.27. The number of hydrogen-bond acceptors (Lipinski definition) is 3. The monoisotopic (exact) mass is 488 g/mol. The van der Waals surface area contributed by atoms with Gasteiger partial charge in [0, 0.05) is 32.2 Å². The summed E-state index contributed by atoms with van der Waals surface area (Å²) in [7, 11) is 0. The zero-order valence-corrected chi connectivity index (χ0v) is 19.0. The lowest BCUT2D eigenvalue weighted by molar-refractivity contribution is 0.113. The van der Waals surface area contributed by atoms with E-state index in [0.717, 1.165) is 38.1 Å². The number of halogens is 1. The highest BCUT2D eigenvalue weighted by Crippen LogP contribution is 2.57. The number of nitrogens with zero attached hydrogens (tertiary/aromatic N) is 2. The van der Waals surface area contributed by atoms with Crippen LogP contribution in [0.3, 0.4) is 0 Å². The number of piperidine rings is 1. The molecule has 1 saturated heterocycles. The minimum atomic E-state index is 0. The summed E-state index contributed by atoms with van der Waals surface area (Å²) in [5, 5.41) is 10.8. The highest BCUT2D eigenvalue weighted by molar-refractivity contribution is 14.0. The zero-order valence-electron chi connectivity index (χ0n) is 15.9. The average Bonchev–Trinajstić information content (AvgIpc) is 3.29. The van der Waals surface area contributed by atoms with E-state index in [1.54, 1.807) is 0 Å². The molecule has 2 N–H and O–H groups in total. The highest BCUT2D eigenvalue weighted by atomic mass is 127. The Morgan fingerprint density at radius 3 is 2.58 bits per heavy atom. The van der Waals surface area contributed by atoms with Crippen molar-refractivity contribution in [1.29, 1.82) is 0 Å². The molecule has 0 unspecified atom stereocenters. The maximum absolute atomic E-state index is 5.01. The number of rotatable bonds is 6. The van der Waals surface area contributed by atoms with Crippen LogP contribution in [0.5, 0.6) is 0 Å². The van der Waals surface area contributed by atoms with Crippen molar-refractivity contribution in [1.82, 2.24) is 10.6 Å². The van der Waals surface area contributed by atoms with Crippen molar-refractivity contribution >= 4 is 46.3 Å². The summed E-state index contributed by atoms with van der Waals surface area (Å²) in [5.41, 5.74) is 0.560. The molecule has 3 fully saturated rings. The van der Waals surface area contributed by atoms with E-state index in [2.05, 4.69) is 40.0 Å². The fraction of sp³-hybridized carbons (Fsp3) is 0.750. The fourth-order valence-corrected chi connectivity index (χ4v) is 5.25. The predicted octanol–water partition coefficient (Wildman–Crippen LogP) is 4.47.